The number of hydrogen-bond donors (Lipinski definition) is 2. The molecule has 2 aromatic rings. The predicted molar refractivity (Wildman–Crippen MR) is 82.7 cm³/mol. The Bertz CT molecular complexity index is 701. The van der Waals surface area contributed by atoms with Crippen molar-refractivity contribution in [3.8, 4) is 11.4 Å². The summed E-state index contributed by atoms with van der Waals surface area (Å²) in [6.07, 6.45) is 0. The van der Waals surface area contributed by atoms with Gasteiger partial charge in [-0.3, -0.25) is 9.59 Å². The molecule has 23 heavy (non-hydrogen) atoms. The monoisotopic (exact) mass is 337 g/mol. The van der Waals surface area contributed by atoms with Gasteiger partial charge >= 0.3 is 5.97 Å². The molecule has 1 amide bonds. The number of carbonyl (C=O) groups excluding carboxylic acids is 1. The van der Waals surface area contributed by atoms with E-state index in [0.29, 0.717) is 10.8 Å². The van der Waals surface area contributed by atoms with Gasteiger partial charge in [0.2, 0.25) is 11.7 Å². The number of aliphatic carboxylic acids is 1. The summed E-state index contributed by atoms with van der Waals surface area (Å²) in [5, 5.41) is 23.9. The molecule has 2 atom stereocenters. The highest BCUT2D eigenvalue weighted by Crippen LogP contribution is 2.16. The molecule has 8 nitrogen and oxygen atoms in total. The van der Waals surface area contributed by atoms with Crippen LogP contribution in [0.1, 0.15) is 13.8 Å². The van der Waals surface area contributed by atoms with Gasteiger partial charge in [-0.05, 0) is 43.3 Å². The summed E-state index contributed by atoms with van der Waals surface area (Å²) in [5.74, 6) is -1.67. The van der Waals surface area contributed by atoms with Crippen molar-refractivity contribution in [3.05, 3.63) is 29.3 Å². The van der Waals surface area contributed by atoms with Gasteiger partial charge in [-0.25, -0.2) is 0 Å². The molecule has 0 saturated heterocycles. The Morgan fingerprint density at radius 2 is 1.96 bits per heavy atom. The highest BCUT2D eigenvalue weighted by atomic mass is 35.5. The molecule has 1 aromatic heterocycles. The van der Waals surface area contributed by atoms with E-state index in [1.807, 2.05) is 0 Å². The Morgan fingerprint density at radius 1 is 1.30 bits per heavy atom. The van der Waals surface area contributed by atoms with Crippen LogP contribution < -0.4 is 5.32 Å². The van der Waals surface area contributed by atoms with E-state index in [2.05, 4.69) is 20.7 Å². The number of amides is 1. The number of nitrogens with zero attached hydrogens (tertiary/aromatic N) is 4. The van der Waals surface area contributed by atoms with Gasteiger partial charge in [-0.1, -0.05) is 11.6 Å². The van der Waals surface area contributed by atoms with Crippen molar-refractivity contribution in [2.24, 2.45) is 5.92 Å². The molecule has 1 heterocycles. The van der Waals surface area contributed by atoms with E-state index in [4.69, 9.17) is 16.7 Å². The maximum absolute atomic E-state index is 11.9. The van der Waals surface area contributed by atoms with E-state index < -0.39 is 17.9 Å². The van der Waals surface area contributed by atoms with Crippen LogP contribution in [0.5, 0.6) is 0 Å². The van der Waals surface area contributed by atoms with Crippen molar-refractivity contribution in [2.45, 2.75) is 26.4 Å². The third-order valence-electron chi connectivity index (χ3n) is 3.37. The first-order chi connectivity index (χ1) is 10.9. The fraction of sp³-hybridized carbons (Fsp3) is 0.357. The largest absolute Gasteiger partial charge is 0.481 e. The second kappa shape index (κ2) is 7.19. The molecule has 0 aliphatic rings. The first-order valence-electron chi connectivity index (χ1n) is 6.92. The predicted octanol–water partition coefficient (Wildman–Crippen LogP) is 1.22. The van der Waals surface area contributed by atoms with Crippen molar-refractivity contribution in [2.75, 3.05) is 0 Å². The molecule has 2 N–H and O–H groups in total. The second-order valence-corrected chi connectivity index (χ2v) is 5.57. The number of carboxylic acid groups (broad SMARTS) is 1. The number of rotatable bonds is 6. The molecular weight excluding hydrogens is 322 g/mol. The lowest BCUT2D eigenvalue weighted by Crippen LogP contribution is -2.41. The molecule has 0 bridgehead atoms. The number of nitrogens with one attached hydrogen (secondary N) is 1. The molecule has 0 spiro atoms. The number of hydrogen-bond acceptors (Lipinski definition) is 5. The van der Waals surface area contributed by atoms with E-state index in [1.54, 1.807) is 31.2 Å². The van der Waals surface area contributed by atoms with Gasteiger partial charge in [0.25, 0.3) is 0 Å². The lowest BCUT2D eigenvalue weighted by Gasteiger charge is -2.17. The minimum absolute atomic E-state index is 0.142. The number of carboxylic acids is 1. The zero-order valence-electron chi connectivity index (χ0n) is 12.6. The Kier molecular flexibility index (Phi) is 5.28. The molecule has 2 rings (SSSR count). The smallest absolute Gasteiger partial charge is 0.308 e. The van der Waals surface area contributed by atoms with Crippen LogP contribution in [0.15, 0.2) is 24.3 Å². The Labute approximate surface area is 137 Å². The minimum Gasteiger partial charge on any atom is -0.481 e. The van der Waals surface area contributed by atoms with Gasteiger partial charge in [-0.2, -0.15) is 4.80 Å². The van der Waals surface area contributed by atoms with Crippen molar-refractivity contribution in [1.29, 1.82) is 0 Å². The summed E-state index contributed by atoms with van der Waals surface area (Å²) in [6.45, 7) is 3.02. The van der Waals surface area contributed by atoms with Crippen LogP contribution in [0, 0.1) is 5.92 Å². The summed E-state index contributed by atoms with van der Waals surface area (Å²) >= 11 is 5.81. The summed E-state index contributed by atoms with van der Waals surface area (Å²) in [4.78, 5) is 23.9. The van der Waals surface area contributed by atoms with Crippen molar-refractivity contribution in [1.82, 2.24) is 25.5 Å². The SMILES string of the molecule is CC(NC(=O)Cn1nnc(-c2ccc(Cl)cc2)n1)C(C)C(=O)O. The fourth-order valence-electron chi connectivity index (χ4n) is 1.79. The number of aromatic nitrogens is 4. The minimum atomic E-state index is -0.971. The summed E-state index contributed by atoms with van der Waals surface area (Å²) in [7, 11) is 0. The molecule has 122 valence electrons. The molecule has 2 unspecified atom stereocenters. The first-order valence-corrected chi connectivity index (χ1v) is 7.30. The van der Waals surface area contributed by atoms with Gasteiger partial charge in [0, 0.05) is 16.6 Å². The molecule has 0 aliphatic heterocycles. The average molecular weight is 338 g/mol. The molecule has 0 fully saturated rings. The van der Waals surface area contributed by atoms with Crippen LogP contribution in [0.4, 0.5) is 0 Å². The highest BCUT2D eigenvalue weighted by Gasteiger charge is 2.21. The van der Waals surface area contributed by atoms with Gasteiger partial charge in [0.1, 0.15) is 6.54 Å². The first kappa shape index (κ1) is 16.9. The third-order valence-corrected chi connectivity index (χ3v) is 3.62. The molecule has 1 aromatic carbocycles. The van der Waals surface area contributed by atoms with Crippen LogP contribution in [0.3, 0.4) is 0 Å². The lowest BCUT2D eigenvalue weighted by atomic mass is 10.0. The number of carbonyl (C=O) groups is 2. The van der Waals surface area contributed by atoms with E-state index in [0.717, 1.165) is 10.4 Å². The van der Waals surface area contributed by atoms with E-state index in [9.17, 15) is 9.59 Å². The summed E-state index contributed by atoms with van der Waals surface area (Å²) in [5.41, 5.74) is 0.730. The van der Waals surface area contributed by atoms with Crippen LogP contribution in [0.2, 0.25) is 5.02 Å². The topological polar surface area (TPSA) is 110 Å². The zero-order valence-corrected chi connectivity index (χ0v) is 13.4. The zero-order chi connectivity index (χ0) is 17.0. The second-order valence-electron chi connectivity index (χ2n) is 5.13. The Morgan fingerprint density at radius 3 is 2.57 bits per heavy atom. The molecule has 0 aliphatic carbocycles. The fourth-order valence-corrected chi connectivity index (χ4v) is 1.92. The summed E-state index contributed by atoms with van der Waals surface area (Å²) in [6, 6.07) is 6.42. The van der Waals surface area contributed by atoms with E-state index in [-0.39, 0.29) is 12.5 Å². The van der Waals surface area contributed by atoms with Crippen LogP contribution in [0.25, 0.3) is 11.4 Å². The van der Waals surface area contributed by atoms with E-state index in [1.165, 1.54) is 6.92 Å². The number of tetrazole rings is 1. The maximum atomic E-state index is 11.9. The molecule has 0 saturated carbocycles. The van der Waals surface area contributed by atoms with Gasteiger partial charge < -0.3 is 10.4 Å². The van der Waals surface area contributed by atoms with Gasteiger partial charge in [0.15, 0.2) is 0 Å². The standard InChI is InChI=1S/C14H16ClN5O3/c1-8(14(22)23)9(2)16-12(21)7-20-18-13(17-19-20)10-3-5-11(15)6-4-10/h3-6,8-9H,7H2,1-2H3,(H,16,21)(H,22,23). The quantitative estimate of drug-likeness (QED) is 0.820. The highest BCUT2D eigenvalue weighted by molar-refractivity contribution is 6.30. The number of benzene rings is 1. The maximum Gasteiger partial charge on any atom is 0.308 e. The Balaban J connectivity index is 1.97. The van der Waals surface area contributed by atoms with Crippen molar-refractivity contribution in [3.63, 3.8) is 0 Å². The lowest BCUT2D eigenvalue weighted by molar-refractivity contribution is -0.142. The summed E-state index contributed by atoms with van der Waals surface area (Å²) < 4.78 is 0. The van der Waals surface area contributed by atoms with Crippen LogP contribution >= 0.6 is 11.6 Å². The molecular formula is C14H16ClN5O3. The average Bonchev–Trinajstić information content (AvgIpc) is 2.95. The normalized spacial score (nSPS) is 13.3. The molecule has 9 heteroatoms. The van der Waals surface area contributed by atoms with Gasteiger partial charge in [-0.15, -0.1) is 10.2 Å². The number of halogens is 1. The Hall–Kier alpha value is -2.48. The van der Waals surface area contributed by atoms with Crippen molar-refractivity contribution < 1.29 is 14.7 Å². The third kappa shape index (κ3) is 4.49. The van der Waals surface area contributed by atoms with Crippen molar-refractivity contribution >= 4 is 23.5 Å². The van der Waals surface area contributed by atoms with E-state index >= 15 is 0 Å². The van der Waals surface area contributed by atoms with Crippen LogP contribution in [-0.2, 0) is 16.1 Å². The molecule has 0 radical (unpaired) electrons. The van der Waals surface area contributed by atoms with Gasteiger partial charge in [0.05, 0.1) is 5.92 Å². The van der Waals surface area contributed by atoms with Crippen LogP contribution in [-0.4, -0.2) is 43.2 Å².